The summed E-state index contributed by atoms with van der Waals surface area (Å²) in [7, 11) is -3.63. The molecule has 0 unspecified atom stereocenters. The normalized spacial score (nSPS) is 11.3. The number of hydrogen-bond acceptors (Lipinski definition) is 3. The third kappa shape index (κ3) is 3.98. The Labute approximate surface area is 158 Å². The van der Waals surface area contributed by atoms with Gasteiger partial charge in [-0.05, 0) is 41.0 Å². The van der Waals surface area contributed by atoms with Gasteiger partial charge in [0.15, 0.2) is 9.84 Å². The molecule has 0 bridgehead atoms. The Hall–Kier alpha value is -2.56. The molecule has 0 heterocycles. The van der Waals surface area contributed by atoms with Gasteiger partial charge in [0.25, 0.3) is 0 Å². The molecule has 0 spiro atoms. The molecule has 0 aromatic heterocycles. The monoisotopic (exact) mass is 384 g/mol. The van der Waals surface area contributed by atoms with Crippen LogP contribution in [0.2, 0.25) is 5.02 Å². The SMILES string of the molecule is C=C(O)c1ccc(-c2ccccc2)cc1CS(=O)(=O)c1cccc(Cl)c1. The first-order valence-electron chi connectivity index (χ1n) is 7.92. The lowest BCUT2D eigenvalue weighted by atomic mass is 9.99. The number of sulfone groups is 1. The molecular weight excluding hydrogens is 368 g/mol. The van der Waals surface area contributed by atoms with Gasteiger partial charge in [0.1, 0.15) is 5.76 Å². The molecule has 26 heavy (non-hydrogen) atoms. The van der Waals surface area contributed by atoms with Crippen LogP contribution in [0.15, 0.2) is 84.3 Å². The average Bonchev–Trinajstić information content (AvgIpc) is 2.62. The largest absolute Gasteiger partial charge is 0.508 e. The first-order chi connectivity index (χ1) is 12.4. The molecule has 3 aromatic rings. The summed E-state index contributed by atoms with van der Waals surface area (Å²) < 4.78 is 25.6. The third-order valence-electron chi connectivity index (χ3n) is 4.02. The van der Waals surface area contributed by atoms with Crippen molar-refractivity contribution in [2.45, 2.75) is 10.6 Å². The van der Waals surface area contributed by atoms with Gasteiger partial charge in [0, 0.05) is 10.6 Å². The predicted octanol–water partition coefficient (Wildman–Crippen LogP) is 5.51. The number of aliphatic hydroxyl groups excluding tert-OH is 1. The van der Waals surface area contributed by atoms with Crippen LogP contribution in [-0.4, -0.2) is 13.5 Å². The maximum absolute atomic E-state index is 12.8. The van der Waals surface area contributed by atoms with Crippen molar-refractivity contribution in [3.8, 4) is 11.1 Å². The van der Waals surface area contributed by atoms with Crippen molar-refractivity contribution < 1.29 is 13.5 Å². The van der Waals surface area contributed by atoms with Crippen LogP contribution in [0.1, 0.15) is 11.1 Å². The van der Waals surface area contributed by atoms with E-state index in [1.54, 1.807) is 24.3 Å². The van der Waals surface area contributed by atoms with Crippen LogP contribution in [0, 0.1) is 0 Å². The maximum atomic E-state index is 12.8. The van der Waals surface area contributed by atoms with Crippen LogP contribution in [0.5, 0.6) is 0 Å². The van der Waals surface area contributed by atoms with E-state index >= 15 is 0 Å². The van der Waals surface area contributed by atoms with E-state index in [9.17, 15) is 13.5 Å². The van der Waals surface area contributed by atoms with Crippen LogP contribution in [-0.2, 0) is 15.6 Å². The van der Waals surface area contributed by atoms with Crippen molar-refractivity contribution in [2.24, 2.45) is 0 Å². The number of aliphatic hydroxyl groups is 1. The summed E-state index contributed by atoms with van der Waals surface area (Å²) in [6.45, 7) is 3.54. The van der Waals surface area contributed by atoms with Gasteiger partial charge in [0.05, 0.1) is 10.6 Å². The second-order valence-corrected chi connectivity index (χ2v) is 8.33. The Morgan fingerprint density at radius 3 is 2.31 bits per heavy atom. The van der Waals surface area contributed by atoms with Crippen molar-refractivity contribution in [1.82, 2.24) is 0 Å². The Morgan fingerprint density at radius 2 is 1.65 bits per heavy atom. The van der Waals surface area contributed by atoms with Crippen molar-refractivity contribution in [1.29, 1.82) is 0 Å². The van der Waals surface area contributed by atoms with Crippen LogP contribution in [0.3, 0.4) is 0 Å². The summed E-state index contributed by atoms with van der Waals surface area (Å²) in [4.78, 5) is 0.143. The van der Waals surface area contributed by atoms with Crippen LogP contribution in [0.25, 0.3) is 16.9 Å². The fraction of sp³-hybridized carbons (Fsp3) is 0.0476. The van der Waals surface area contributed by atoms with Gasteiger partial charge in [-0.25, -0.2) is 8.42 Å². The van der Waals surface area contributed by atoms with Crippen LogP contribution in [0.4, 0.5) is 0 Å². The molecule has 132 valence electrons. The average molecular weight is 385 g/mol. The molecule has 3 aromatic carbocycles. The minimum absolute atomic E-state index is 0.143. The van der Waals surface area contributed by atoms with Crippen molar-refractivity contribution in [2.75, 3.05) is 0 Å². The topological polar surface area (TPSA) is 54.4 Å². The molecule has 0 amide bonds. The predicted molar refractivity (Wildman–Crippen MR) is 106 cm³/mol. The summed E-state index contributed by atoms with van der Waals surface area (Å²) in [6.07, 6.45) is 0. The molecule has 0 saturated carbocycles. The number of hydrogen-bond donors (Lipinski definition) is 1. The van der Waals surface area contributed by atoms with E-state index in [1.807, 2.05) is 36.4 Å². The zero-order valence-corrected chi connectivity index (χ0v) is 15.5. The first kappa shape index (κ1) is 18.2. The van der Waals surface area contributed by atoms with Crippen molar-refractivity contribution in [3.05, 3.63) is 95.5 Å². The lowest BCUT2D eigenvalue weighted by molar-refractivity contribution is 0.513. The van der Waals surface area contributed by atoms with Crippen LogP contribution >= 0.6 is 11.6 Å². The van der Waals surface area contributed by atoms with Gasteiger partial charge in [-0.15, -0.1) is 0 Å². The van der Waals surface area contributed by atoms with Gasteiger partial charge in [-0.3, -0.25) is 0 Å². The third-order valence-corrected chi connectivity index (χ3v) is 5.92. The quantitative estimate of drug-likeness (QED) is 0.590. The molecule has 0 atom stereocenters. The first-order valence-corrected chi connectivity index (χ1v) is 9.95. The molecule has 0 radical (unpaired) electrons. The van der Waals surface area contributed by atoms with E-state index in [4.69, 9.17) is 11.6 Å². The molecule has 0 aliphatic heterocycles. The smallest absolute Gasteiger partial charge is 0.182 e. The summed E-state index contributed by atoms with van der Waals surface area (Å²) in [5, 5.41) is 10.2. The molecule has 0 fully saturated rings. The molecule has 3 rings (SSSR count). The standard InChI is InChI=1S/C21H17ClO3S/c1-15(23)21-11-10-17(16-6-3-2-4-7-16)12-18(21)14-26(24,25)20-9-5-8-19(22)13-20/h2-13,23H,1,14H2. The minimum atomic E-state index is -3.63. The summed E-state index contributed by atoms with van der Waals surface area (Å²) in [5.74, 6) is -0.427. The zero-order valence-electron chi connectivity index (χ0n) is 13.9. The van der Waals surface area contributed by atoms with E-state index in [0.29, 0.717) is 16.1 Å². The van der Waals surface area contributed by atoms with E-state index < -0.39 is 9.84 Å². The molecule has 0 saturated heterocycles. The highest BCUT2D eigenvalue weighted by molar-refractivity contribution is 7.90. The fourth-order valence-corrected chi connectivity index (χ4v) is 4.42. The van der Waals surface area contributed by atoms with Gasteiger partial charge in [-0.2, -0.15) is 0 Å². The summed E-state index contributed by atoms with van der Waals surface area (Å²) in [5.41, 5.74) is 2.73. The Kier molecular flexibility index (Phi) is 5.16. The highest BCUT2D eigenvalue weighted by atomic mass is 35.5. The van der Waals surface area contributed by atoms with Gasteiger partial charge in [0.2, 0.25) is 0 Å². The summed E-state index contributed by atoms with van der Waals surface area (Å²) in [6, 6.07) is 21.1. The number of halogens is 1. The van der Waals surface area contributed by atoms with Crippen molar-refractivity contribution >= 4 is 27.2 Å². The Balaban J connectivity index is 2.06. The van der Waals surface area contributed by atoms with Crippen LogP contribution < -0.4 is 0 Å². The number of benzene rings is 3. The molecular formula is C21H17ClO3S. The van der Waals surface area contributed by atoms with Gasteiger partial charge in [-0.1, -0.05) is 66.7 Å². The Morgan fingerprint density at radius 1 is 0.923 bits per heavy atom. The lowest BCUT2D eigenvalue weighted by Gasteiger charge is -2.12. The minimum Gasteiger partial charge on any atom is -0.508 e. The van der Waals surface area contributed by atoms with E-state index in [1.165, 1.54) is 12.1 Å². The molecule has 3 nitrogen and oxygen atoms in total. The van der Waals surface area contributed by atoms with Gasteiger partial charge < -0.3 is 5.11 Å². The molecule has 0 aliphatic rings. The van der Waals surface area contributed by atoms with Crippen molar-refractivity contribution in [3.63, 3.8) is 0 Å². The maximum Gasteiger partial charge on any atom is 0.182 e. The van der Waals surface area contributed by atoms with E-state index in [-0.39, 0.29) is 16.4 Å². The lowest BCUT2D eigenvalue weighted by Crippen LogP contribution is -2.07. The highest BCUT2D eigenvalue weighted by Gasteiger charge is 2.19. The molecule has 5 heteroatoms. The summed E-state index contributed by atoms with van der Waals surface area (Å²) >= 11 is 5.92. The zero-order chi connectivity index (χ0) is 18.7. The van der Waals surface area contributed by atoms with E-state index in [0.717, 1.165) is 11.1 Å². The highest BCUT2D eigenvalue weighted by Crippen LogP contribution is 2.28. The van der Waals surface area contributed by atoms with E-state index in [2.05, 4.69) is 6.58 Å². The second kappa shape index (κ2) is 7.36. The Bertz CT molecular complexity index is 1060. The number of rotatable bonds is 5. The second-order valence-electron chi connectivity index (χ2n) is 5.90. The molecule has 1 N–H and O–H groups in total. The fourth-order valence-electron chi connectivity index (χ4n) is 2.75. The van der Waals surface area contributed by atoms with Gasteiger partial charge >= 0.3 is 0 Å². The molecule has 0 aliphatic carbocycles.